The van der Waals surface area contributed by atoms with E-state index in [9.17, 15) is 4.79 Å². The van der Waals surface area contributed by atoms with E-state index < -0.39 is 0 Å². The van der Waals surface area contributed by atoms with Gasteiger partial charge in [-0.05, 0) is 36.6 Å². The number of carbonyl (C=O) groups excluding carboxylic acids is 1. The lowest BCUT2D eigenvalue weighted by Gasteiger charge is -2.17. The summed E-state index contributed by atoms with van der Waals surface area (Å²) in [5.41, 5.74) is 3.13. The number of nitrogens with zero attached hydrogens (tertiary/aromatic N) is 5. The SMILES string of the molecule is CN=C(NCCCC(=O)N1CCc2ccccc21)NCc1nnc2ccccn12. The number of amides is 1. The van der Waals surface area contributed by atoms with Crippen LogP contribution in [0.5, 0.6) is 0 Å². The van der Waals surface area contributed by atoms with Crippen LogP contribution in [0.3, 0.4) is 0 Å². The fraction of sp³-hybridized carbons (Fsp3) is 0.333. The molecule has 1 aliphatic rings. The van der Waals surface area contributed by atoms with E-state index >= 15 is 0 Å². The van der Waals surface area contributed by atoms with Gasteiger partial charge in [-0.2, -0.15) is 0 Å². The molecule has 2 N–H and O–H groups in total. The van der Waals surface area contributed by atoms with Crippen LogP contribution in [0.15, 0.2) is 53.7 Å². The second-order valence-corrected chi connectivity index (χ2v) is 6.93. The van der Waals surface area contributed by atoms with Crippen molar-refractivity contribution in [3.05, 3.63) is 60.0 Å². The Morgan fingerprint density at radius 3 is 2.90 bits per heavy atom. The molecule has 0 saturated heterocycles. The largest absolute Gasteiger partial charge is 0.356 e. The van der Waals surface area contributed by atoms with Crippen LogP contribution in [0.2, 0.25) is 0 Å². The van der Waals surface area contributed by atoms with Crippen LogP contribution in [0.1, 0.15) is 24.2 Å². The van der Waals surface area contributed by atoms with E-state index in [1.165, 1.54) is 5.56 Å². The van der Waals surface area contributed by atoms with Crippen molar-refractivity contribution in [2.75, 3.05) is 25.0 Å². The average Bonchev–Trinajstić information content (AvgIpc) is 3.37. The lowest BCUT2D eigenvalue weighted by Crippen LogP contribution is -2.38. The Morgan fingerprint density at radius 2 is 2.00 bits per heavy atom. The summed E-state index contributed by atoms with van der Waals surface area (Å²) < 4.78 is 1.94. The summed E-state index contributed by atoms with van der Waals surface area (Å²) in [6.45, 7) is 1.96. The number of pyridine rings is 1. The molecule has 3 aromatic rings. The summed E-state index contributed by atoms with van der Waals surface area (Å²) in [4.78, 5) is 18.7. The zero-order valence-corrected chi connectivity index (χ0v) is 16.5. The third kappa shape index (κ3) is 4.21. The predicted molar refractivity (Wildman–Crippen MR) is 113 cm³/mol. The van der Waals surface area contributed by atoms with E-state index in [1.54, 1.807) is 7.05 Å². The third-order valence-corrected chi connectivity index (χ3v) is 5.07. The lowest BCUT2D eigenvalue weighted by atomic mass is 10.2. The fourth-order valence-corrected chi connectivity index (χ4v) is 3.57. The number of rotatable bonds is 6. The summed E-state index contributed by atoms with van der Waals surface area (Å²) in [5.74, 6) is 1.66. The van der Waals surface area contributed by atoms with Gasteiger partial charge in [0.2, 0.25) is 5.91 Å². The quantitative estimate of drug-likeness (QED) is 0.380. The lowest BCUT2D eigenvalue weighted by molar-refractivity contribution is -0.118. The second-order valence-electron chi connectivity index (χ2n) is 6.93. The first-order valence-corrected chi connectivity index (χ1v) is 9.87. The van der Waals surface area contributed by atoms with Crippen LogP contribution in [-0.2, 0) is 17.8 Å². The Balaban J connectivity index is 1.22. The minimum atomic E-state index is 0.176. The maximum Gasteiger partial charge on any atom is 0.227 e. The fourth-order valence-electron chi connectivity index (χ4n) is 3.57. The van der Waals surface area contributed by atoms with Crippen LogP contribution in [-0.4, -0.2) is 46.6 Å². The molecule has 0 unspecified atom stereocenters. The van der Waals surface area contributed by atoms with Crippen molar-refractivity contribution in [3.8, 4) is 0 Å². The summed E-state index contributed by atoms with van der Waals surface area (Å²) in [6, 6.07) is 13.9. The molecule has 3 heterocycles. The number of hydrogen-bond acceptors (Lipinski definition) is 4. The number of aromatic nitrogens is 3. The molecule has 29 heavy (non-hydrogen) atoms. The van der Waals surface area contributed by atoms with Gasteiger partial charge in [0.25, 0.3) is 0 Å². The first kappa shape index (κ1) is 18.9. The third-order valence-electron chi connectivity index (χ3n) is 5.07. The van der Waals surface area contributed by atoms with E-state index in [0.717, 1.165) is 36.5 Å². The van der Waals surface area contributed by atoms with Crippen LogP contribution < -0.4 is 15.5 Å². The molecule has 0 bridgehead atoms. The van der Waals surface area contributed by atoms with Crippen LogP contribution in [0.4, 0.5) is 5.69 Å². The smallest absolute Gasteiger partial charge is 0.227 e. The highest BCUT2D eigenvalue weighted by molar-refractivity contribution is 5.95. The Bertz CT molecular complexity index is 1030. The number of benzene rings is 1. The van der Waals surface area contributed by atoms with Gasteiger partial charge in [-0.15, -0.1) is 10.2 Å². The number of fused-ring (bicyclic) bond motifs is 2. The van der Waals surface area contributed by atoms with Gasteiger partial charge >= 0.3 is 0 Å². The van der Waals surface area contributed by atoms with E-state index in [4.69, 9.17) is 0 Å². The number of aliphatic imine (C=N–C) groups is 1. The molecule has 0 spiro atoms. The van der Waals surface area contributed by atoms with Crippen molar-refractivity contribution in [3.63, 3.8) is 0 Å². The molecule has 0 radical (unpaired) electrons. The summed E-state index contributed by atoms with van der Waals surface area (Å²) in [5, 5.41) is 14.8. The summed E-state index contributed by atoms with van der Waals surface area (Å²) in [7, 11) is 1.73. The van der Waals surface area contributed by atoms with Crippen molar-refractivity contribution in [2.24, 2.45) is 4.99 Å². The monoisotopic (exact) mass is 391 g/mol. The highest BCUT2D eigenvalue weighted by atomic mass is 16.2. The molecule has 150 valence electrons. The Morgan fingerprint density at radius 1 is 1.14 bits per heavy atom. The molecule has 1 aliphatic heterocycles. The van der Waals surface area contributed by atoms with Crippen molar-refractivity contribution >= 4 is 23.2 Å². The van der Waals surface area contributed by atoms with Crippen molar-refractivity contribution in [2.45, 2.75) is 25.8 Å². The van der Waals surface area contributed by atoms with Crippen LogP contribution in [0, 0.1) is 0 Å². The molecule has 4 rings (SSSR count). The van der Waals surface area contributed by atoms with Crippen LogP contribution >= 0.6 is 0 Å². The molecule has 0 saturated carbocycles. The van der Waals surface area contributed by atoms with Crippen LogP contribution in [0.25, 0.3) is 5.65 Å². The Hall–Kier alpha value is -3.42. The number of hydrogen-bond donors (Lipinski definition) is 2. The highest BCUT2D eigenvalue weighted by Gasteiger charge is 2.23. The first-order valence-electron chi connectivity index (χ1n) is 9.87. The van der Waals surface area contributed by atoms with Crippen molar-refractivity contribution in [1.29, 1.82) is 0 Å². The molecule has 1 aromatic carbocycles. The average molecular weight is 391 g/mol. The van der Waals surface area contributed by atoms with Gasteiger partial charge in [0, 0.05) is 38.4 Å². The second kappa shape index (κ2) is 8.72. The van der Waals surface area contributed by atoms with Gasteiger partial charge in [0.1, 0.15) is 0 Å². The van der Waals surface area contributed by atoms with E-state index in [0.29, 0.717) is 25.5 Å². The van der Waals surface area contributed by atoms with Crippen molar-refractivity contribution in [1.82, 2.24) is 25.2 Å². The topological polar surface area (TPSA) is 86.9 Å². The highest BCUT2D eigenvalue weighted by Crippen LogP contribution is 2.27. The molecule has 1 amide bonds. The molecular formula is C21H25N7O. The number of nitrogens with one attached hydrogen (secondary N) is 2. The molecule has 0 atom stereocenters. The van der Waals surface area contributed by atoms with E-state index in [2.05, 4.69) is 31.9 Å². The zero-order chi connectivity index (χ0) is 20.1. The number of para-hydroxylation sites is 1. The van der Waals surface area contributed by atoms with E-state index in [-0.39, 0.29) is 5.91 Å². The zero-order valence-electron chi connectivity index (χ0n) is 16.5. The molecule has 2 aromatic heterocycles. The first-order chi connectivity index (χ1) is 14.3. The minimum absolute atomic E-state index is 0.176. The normalized spacial score (nSPS) is 13.6. The van der Waals surface area contributed by atoms with Gasteiger partial charge in [-0.3, -0.25) is 14.2 Å². The van der Waals surface area contributed by atoms with Gasteiger partial charge < -0.3 is 15.5 Å². The molecular weight excluding hydrogens is 366 g/mol. The molecule has 0 aliphatic carbocycles. The summed E-state index contributed by atoms with van der Waals surface area (Å²) >= 11 is 0. The van der Waals surface area contributed by atoms with Crippen molar-refractivity contribution < 1.29 is 4.79 Å². The van der Waals surface area contributed by atoms with Gasteiger partial charge in [0.15, 0.2) is 17.4 Å². The standard InChI is InChI=1S/C21H25N7O/c1-22-21(24-15-19-26-25-18-9-4-5-13-28(18)19)23-12-6-10-20(29)27-14-11-16-7-2-3-8-17(16)27/h2-5,7-9,13H,6,10-12,14-15H2,1H3,(H2,22,23,24). The van der Waals surface area contributed by atoms with Gasteiger partial charge in [0.05, 0.1) is 6.54 Å². The van der Waals surface area contributed by atoms with E-state index in [1.807, 2.05) is 51.9 Å². The maximum absolute atomic E-state index is 12.6. The van der Waals surface area contributed by atoms with Gasteiger partial charge in [-0.1, -0.05) is 24.3 Å². The minimum Gasteiger partial charge on any atom is -0.356 e. The Labute approximate surface area is 169 Å². The number of anilines is 1. The molecule has 8 heteroatoms. The predicted octanol–water partition coefficient (Wildman–Crippen LogP) is 1.76. The summed E-state index contributed by atoms with van der Waals surface area (Å²) in [6.07, 6.45) is 4.12. The van der Waals surface area contributed by atoms with Gasteiger partial charge in [-0.25, -0.2) is 0 Å². The number of guanidine groups is 1. The maximum atomic E-state index is 12.6. The Kier molecular flexibility index (Phi) is 5.69. The molecule has 8 nitrogen and oxygen atoms in total. The number of carbonyl (C=O) groups is 1. The molecule has 0 fully saturated rings.